The molecule has 0 saturated carbocycles. The van der Waals surface area contributed by atoms with E-state index in [1.165, 1.54) is 5.56 Å². The Balaban J connectivity index is 1.12. The first-order valence-electron chi connectivity index (χ1n) is 13.0. The lowest BCUT2D eigenvalue weighted by molar-refractivity contribution is -0.122. The summed E-state index contributed by atoms with van der Waals surface area (Å²) in [4.78, 5) is 29.4. The third kappa shape index (κ3) is 5.14. The number of fused-ring (bicyclic) bond motifs is 3. The van der Waals surface area contributed by atoms with Gasteiger partial charge in [-0.2, -0.15) is 5.26 Å². The van der Waals surface area contributed by atoms with Gasteiger partial charge in [0.1, 0.15) is 18.0 Å². The van der Waals surface area contributed by atoms with E-state index in [9.17, 15) is 14.9 Å². The lowest BCUT2D eigenvalue weighted by atomic mass is 9.73. The standard InChI is InChI=1S/C29H34N4O4/c1-28(2,3)37-27(35)33-11-8-21-17-23(6-5-22(21)19-33)36-15-14-32-12-9-29(10-13-32)24-16-20(18-30)4-7-25(24)31-26(29)34/h4-7,16-17H,8-15,19H2,1-3H3,(H,31,34). The minimum absolute atomic E-state index is 0.0489. The van der Waals surface area contributed by atoms with Crippen LogP contribution in [0.15, 0.2) is 36.4 Å². The fourth-order valence-electron chi connectivity index (χ4n) is 5.53. The summed E-state index contributed by atoms with van der Waals surface area (Å²) in [5.41, 5.74) is 3.69. The quantitative estimate of drug-likeness (QED) is 0.673. The van der Waals surface area contributed by atoms with Gasteiger partial charge < -0.3 is 19.7 Å². The number of anilines is 1. The highest BCUT2D eigenvalue weighted by atomic mass is 16.6. The van der Waals surface area contributed by atoms with Crippen molar-refractivity contribution in [2.75, 3.05) is 38.1 Å². The number of amides is 2. The Labute approximate surface area is 218 Å². The van der Waals surface area contributed by atoms with Crippen molar-refractivity contribution < 1.29 is 19.1 Å². The smallest absolute Gasteiger partial charge is 0.410 e. The molecule has 0 aliphatic carbocycles. The van der Waals surface area contributed by atoms with E-state index in [0.29, 0.717) is 25.3 Å². The van der Waals surface area contributed by atoms with E-state index in [-0.39, 0.29) is 12.0 Å². The van der Waals surface area contributed by atoms with Gasteiger partial charge in [0.05, 0.1) is 17.0 Å². The van der Waals surface area contributed by atoms with Crippen LogP contribution in [-0.2, 0) is 27.9 Å². The molecule has 0 atom stereocenters. The molecular weight excluding hydrogens is 468 g/mol. The number of nitrogens with one attached hydrogen (secondary N) is 1. The molecule has 8 heteroatoms. The van der Waals surface area contributed by atoms with Crippen LogP contribution in [0.1, 0.15) is 55.9 Å². The molecule has 1 N–H and O–H groups in total. The monoisotopic (exact) mass is 502 g/mol. The lowest BCUT2D eigenvalue weighted by Gasteiger charge is -2.38. The van der Waals surface area contributed by atoms with Crippen LogP contribution in [0.4, 0.5) is 10.5 Å². The number of carbonyl (C=O) groups is 2. The predicted molar refractivity (Wildman–Crippen MR) is 139 cm³/mol. The summed E-state index contributed by atoms with van der Waals surface area (Å²) < 4.78 is 11.6. The molecule has 3 heterocycles. The summed E-state index contributed by atoms with van der Waals surface area (Å²) in [6.07, 6.45) is 1.96. The highest BCUT2D eigenvalue weighted by molar-refractivity contribution is 6.06. The Morgan fingerprint density at radius 3 is 2.62 bits per heavy atom. The van der Waals surface area contributed by atoms with E-state index < -0.39 is 11.0 Å². The second kappa shape index (κ2) is 9.71. The molecular formula is C29H34N4O4. The molecule has 1 spiro atoms. The van der Waals surface area contributed by atoms with Crippen LogP contribution in [0, 0.1) is 11.3 Å². The van der Waals surface area contributed by atoms with Gasteiger partial charge in [-0.25, -0.2) is 4.79 Å². The average molecular weight is 503 g/mol. The maximum absolute atomic E-state index is 12.9. The highest BCUT2D eigenvalue weighted by Crippen LogP contribution is 2.45. The Bertz CT molecular complexity index is 1250. The fourth-order valence-corrected chi connectivity index (χ4v) is 5.53. The van der Waals surface area contributed by atoms with Gasteiger partial charge in [0.25, 0.3) is 0 Å². The van der Waals surface area contributed by atoms with E-state index in [4.69, 9.17) is 9.47 Å². The van der Waals surface area contributed by atoms with Gasteiger partial charge in [-0.15, -0.1) is 0 Å². The van der Waals surface area contributed by atoms with Crippen LogP contribution >= 0.6 is 0 Å². The molecule has 1 fully saturated rings. The van der Waals surface area contributed by atoms with Crippen molar-refractivity contribution in [3.63, 3.8) is 0 Å². The average Bonchev–Trinajstić information content (AvgIpc) is 3.13. The summed E-state index contributed by atoms with van der Waals surface area (Å²) in [6, 6.07) is 13.7. The number of rotatable bonds is 4. The molecule has 0 radical (unpaired) electrons. The fraction of sp³-hybridized carbons (Fsp3) is 0.483. The summed E-state index contributed by atoms with van der Waals surface area (Å²) in [7, 11) is 0. The first-order chi connectivity index (χ1) is 17.7. The highest BCUT2D eigenvalue weighted by Gasteiger charge is 2.48. The number of hydrogen-bond donors (Lipinski definition) is 1. The van der Waals surface area contributed by atoms with E-state index in [1.807, 2.05) is 45.0 Å². The second-order valence-corrected chi connectivity index (χ2v) is 11.2. The maximum atomic E-state index is 12.9. The Morgan fingerprint density at radius 2 is 1.89 bits per heavy atom. The van der Waals surface area contributed by atoms with Crippen LogP contribution < -0.4 is 10.1 Å². The summed E-state index contributed by atoms with van der Waals surface area (Å²) in [5, 5.41) is 12.3. The first-order valence-corrected chi connectivity index (χ1v) is 13.0. The predicted octanol–water partition coefficient (Wildman–Crippen LogP) is 4.22. The topological polar surface area (TPSA) is 94.9 Å². The zero-order valence-electron chi connectivity index (χ0n) is 21.8. The molecule has 1 saturated heterocycles. The number of nitriles is 1. The van der Waals surface area contributed by atoms with Crippen molar-refractivity contribution >= 4 is 17.7 Å². The summed E-state index contributed by atoms with van der Waals surface area (Å²) >= 11 is 0. The minimum Gasteiger partial charge on any atom is -0.492 e. The third-order valence-electron chi connectivity index (χ3n) is 7.57. The molecule has 8 nitrogen and oxygen atoms in total. The number of nitrogens with zero attached hydrogens (tertiary/aromatic N) is 3. The maximum Gasteiger partial charge on any atom is 0.410 e. The number of carbonyl (C=O) groups excluding carboxylic acids is 2. The SMILES string of the molecule is CC(C)(C)OC(=O)N1CCc2cc(OCCN3CCC4(CC3)C(=O)Nc3ccc(C#N)cc34)ccc2C1. The number of likely N-dealkylation sites (tertiary alicyclic amines) is 1. The van der Waals surface area contributed by atoms with Gasteiger partial charge >= 0.3 is 6.09 Å². The molecule has 3 aliphatic heterocycles. The Morgan fingerprint density at radius 1 is 1.11 bits per heavy atom. The molecule has 194 valence electrons. The van der Waals surface area contributed by atoms with Crippen molar-refractivity contribution in [2.24, 2.45) is 0 Å². The van der Waals surface area contributed by atoms with Crippen LogP contribution in [0.3, 0.4) is 0 Å². The molecule has 2 aromatic rings. The molecule has 2 aromatic carbocycles. The normalized spacial score (nSPS) is 18.5. The van der Waals surface area contributed by atoms with Gasteiger partial charge in [0, 0.05) is 25.3 Å². The minimum atomic E-state index is -0.536. The molecule has 0 unspecified atom stereocenters. The van der Waals surface area contributed by atoms with E-state index in [2.05, 4.69) is 22.4 Å². The number of hydrogen-bond acceptors (Lipinski definition) is 6. The van der Waals surface area contributed by atoms with Crippen LogP contribution in [0.5, 0.6) is 5.75 Å². The van der Waals surface area contributed by atoms with E-state index in [0.717, 1.165) is 61.5 Å². The number of piperidine rings is 1. The largest absolute Gasteiger partial charge is 0.492 e. The molecule has 0 bridgehead atoms. The van der Waals surface area contributed by atoms with Crippen molar-refractivity contribution in [1.29, 1.82) is 5.26 Å². The Hall–Kier alpha value is -3.57. The van der Waals surface area contributed by atoms with Gasteiger partial charge in [-0.05, 0) is 100 Å². The van der Waals surface area contributed by atoms with Crippen molar-refractivity contribution in [3.8, 4) is 11.8 Å². The summed E-state index contributed by atoms with van der Waals surface area (Å²) in [5.74, 6) is 0.888. The van der Waals surface area contributed by atoms with Crippen LogP contribution in [0.2, 0.25) is 0 Å². The van der Waals surface area contributed by atoms with Crippen molar-refractivity contribution in [1.82, 2.24) is 9.80 Å². The summed E-state index contributed by atoms with van der Waals surface area (Å²) in [6.45, 7) is 9.78. The van der Waals surface area contributed by atoms with Crippen molar-refractivity contribution in [3.05, 3.63) is 58.7 Å². The third-order valence-corrected chi connectivity index (χ3v) is 7.57. The Kier molecular flexibility index (Phi) is 6.59. The molecule has 3 aliphatic rings. The lowest BCUT2D eigenvalue weighted by Crippen LogP contribution is -2.47. The number of ether oxygens (including phenoxy) is 2. The van der Waals surface area contributed by atoms with Crippen molar-refractivity contribution in [2.45, 2.75) is 57.6 Å². The molecule has 2 amide bonds. The molecule has 0 aromatic heterocycles. The van der Waals surface area contributed by atoms with Gasteiger partial charge in [0.2, 0.25) is 5.91 Å². The van der Waals surface area contributed by atoms with Gasteiger partial charge in [-0.3, -0.25) is 9.69 Å². The first kappa shape index (κ1) is 25.1. The van der Waals surface area contributed by atoms with E-state index in [1.54, 1.807) is 11.0 Å². The van der Waals surface area contributed by atoms with Crippen LogP contribution in [0.25, 0.3) is 0 Å². The van der Waals surface area contributed by atoms with Gasteiger partial charge in [-0.1, -0.05) is 6.07 Å². The van der Waals surface area contributed by atoms with Crippen LogP contribution in [-0.4, -0.2) is 60.2 Å². The zero-order chi connectivity index (χ0) is 26.2. The molecule has 37 heavy (non-hydrogen) atoms. The number of benzene rings is 2. The van der Waals surface area contributed by atoms with Gasteiger partial charge in [0.15, 0.2) is 0 Å². The van der Waals surface area contributed by atoms with E-state index >= 15 is 0 Å². The second-order valence-electron chi connectivity index (χ2n) is 11.2. The molecule has 5 rings (SSSR count). The zero-order valence-corrected chi connectivity index (χ0v) is 21.8.